The van der Waals surface area contributed by atoms with E-state index in [1.54, 1.807) is 0 Å². The van der Waals surface area contributed by atoms with E-state index in [1.807, 2.05) is 29.2 Å². The molecule has 2 rings (SSSR count). The fraction of sp³-hybridized carbons (Fsp3) is 0.500. The van der Waals surface area contributed by atoms with Gasteiger partial charge in [-0.15, -0.1) is 0 Å². The monoisotopic (exact) mass is 310 g/mol. The molecule has 0 aliphatic carbocycles. The van der Waals surface area contributed by atoms with Crippen LogP contribution in [0.3, 0.4) is 0 Å². The minimum Gasteiger partial charge on any atom is -0.335 e. The Morgan fingerprint density at radius 3 is 2.61 bits per heavy atom. The summed E-state index contributed by atoms with van der Waals surface area (Å²) in [4.78, 5) is 16.8. The van der Waals surface area contributed by atoms with Crippen LogP contribution in [-0.2, 0) is 0 Å². The van der Waals surface area contributed by atoms with E-state index in [2.05, 4.69) is 34.8 Å². The van der Waals surface area contributed by atoms with Crippen molar-refractivity contribution in [2.24, 2.45) is 0 Å². The fourth-order valence-corrected chi connectivity index (χ4v) is 2.70. The third kappa shape index (κ3) is 3.12. The summed E-state index contributed by atoms with van der Waals surface area (Å²) in [5.41, 5.74) is 0.773. The molecular formula is C14H19BrN2O. The molecule has 1 aliphatic rings. The van der Waals surface area contributed by atoms with Crippen LogP contribution in [0, 0.1) is 0 Å². The van der Waals surface area contributed by atoms with E-state index in [-0.39, 0.29) is 11.9 Å². The summed E-state index contributed by atoms with van der Waals surface area (Å²) in [6.45, 7) is 4.98. The van der Waals surface area contributed by atoms with Crippen molar-refractivity contribution in [1.29, 1.82) is 0 Å². The molecule has 0 bridgehead atoms. The molecule has 1 unspecified atom stereocenters. The number of nitrogens with zero attached hydrogens (tertiary/aromatic N) is 2. The molecule has 0 spiro atoms. The number of hydrogen-bond donors (Lipinski definition) is 0. The highest BCUT2D eigenvalue weighted by atomic mass is 79.9. The van der Waals surface area contributed by atoms with Crippen LogP contribution in [0.15, 0.2) is 28.7 Å². The van der Waals surface area contributed by atoms with Crippen LogP contribution < -0.4 is 0 Å². The van der Waals surface area contributed by atoms with Gasteiger partial charge in [-0.3, -0.25) is 4.79 Å². The van der Waals surface area contributed by atoms with Gasteiger partial charge in [0.05, 0.1) is 0 Å². The Morgan fingerprint density at radius 1 is 1.28 bits per heavy atom. The SMILES string of the molecule is CC1CN(C)CCCN1C(=O)c1ccc(Br)cc1. The lowest BCUT2D eigenvalue weighted by atomic mass is 10.1. The number of carbonyl (C=O) groups excluding carboxylic acids is 1. The molecule has 0 N–H and O–H groups in total. The average Bonchev–Trinajstić information content (AvgIpc) is 2.50. The third-order valence-electron chi connectivity index (χ3n) is 3.40. The first kappa shape index (κ1) is 13.6. The second-order valence-corrected chi connectivity index (χ2v) is 5.89. The van der Waals surface area contributed by atoms with Crippen molar-refractivity contribution in [2.75, 3.05) is 26.7 Å². The third-order valence-corrected chi connectivity index (χ3v) is 3.93. The molecule has 1 saturated heterocycles. The van der Waals surface area contributed by atoms with Gasteiger partial charge in [0.1, 0.15) is 0 Å². The number of amides is 1. The van der Waals surface area contributed by atoms with Gasteiger partial charge >= 0.3 is 0 Å². The van der Waals surface area contributed by atoms with Crippen molar-refractivity contribution >= 4 is 21.8 Å². The fourth-order valence-electron chi connectivity index (χ4n) is 2.43. The molecule has 18 heavy (non-hydrogen) atoms. The Morgan fingerprint density at radius 2 is 1.94 bits per heavy atom. The van der Waals surface area contributed by atoms with Gasteiger partial charge < -0.3 is 9.80 Å². The number of benzene rings is 1. The largest absolute Gasteiger partial charge is 0.335 e. The smallest absolute Gasteiger partial charge is 0.254 e. The maximum Gasteiger partial charge on any atom is 0.254 e. The van der Waals surface area contributed by atoms with E-state index in [1.165, 1.54) is 0 Å². The minimum absolute atomic E-state index is 0.144. The normalized spacial score (nSPS) is 21.7. The first-order chi connectivity index (χ1) is 8.58. The Hall–Kier alpha value is -0.870. The highest BCUT2D eigenvalue weighted by Gasteiger charge is 2.24. The first-order valence-electron chi connectivity index (χ1n) is 6.33. The highest BCUT2D eigenvalue weighted by Crippen LogP contribution is 2.16. The second-order valence-electron chi connectivity index (χ2n) is 4.97. The summed E-state index contributed by atoms with van der Waals surface area (Å²) in [7, 11) is 2.12. The van der Waals surface area contributed by atoms with E-state index in [0.29, 0.717) is 0 Å². The molecule has 1 aliphatic heterocycles. The maximum atomic E-state index is 12.5. The molecule has 3 nitrogen and oxygen atoms in total. The Balaban J connectivity index is 2.14. The van der Waals surface area contributed by atoms with Crippen LogP contribution in [0.5, 0.6) is 0 Å². The van der Waals surface area contributed by atoms with Crippen LogP contribution in [0.2, 0.25) is 0 Å². The lowest BCUT2D eigenvalue weighted by molar-refractivity contribution is 0.0696. The molecule has 1 atom stereocenters. The maximum absolute atomic E-state index is 12.5. The Labute approximate surface area is 117 Å². The number of likely N-dealkylation sites (N-methyl/N-ethyl adjacent to an activating group) is 1. The standard InChI is InChI=1S/C14H19BrN2O/c1-11-10-16(2)8-3-9-17(11)14(18)12-4-6-13(15)7-5-12/h4-7,11H,3,8-10H2,1-2H3. The number of hydrogen-bond acceptors (Lipinski definition) is 2. The van der Waals surface area contributed by atoms with Gasteiger partial charge in [0, 0.05) is 29.2 Å². The quantitative estimate of drug-likeness (QED) is 0.796. The van der Waals surface area contributed by atoms with Crippen molar-refractivity contribution < 1.29 is 4.79 Å². The van der Waals surface area contributed by atoms with E-state index < -0.39 is 0 Å². The van der Waals surface area contributed by atoms with Crippen LogP contribution >= 0.6 is 15.9 Å². The highest BCUT2D eigenvalue weighted by molar-refractivity contribution is 9.10. The predicted octanol–water partition coefficient (Wildman–Crippen LogP) is 2.62. The second kappa shape index (κ2) is 5.85. The molecule has 0 aromatic heterocycles. The van der Waals surface area contributed by atoms with Gasteiger partial charge in [-0.05, 0) is 51.2 Å². The lowest BCUT2D eigenvalue weighted by Crippen LogP contribution is -2.41. The summed E-state index contributed by atoms with van der Waals surface area (Å²) in [6.07, 6.45) is 1.04. The van der Waals surface area contributed by atoms with Crippen molar-refractivity contribution in [3.8, 4) is 0 Å². The van der Waals surface area contributed by atoms with Crippen molar-refractivity contribution in [2.45, 2.75) is 19.4 Å². The predicted molar refractivity (Wildman–Crippen MR) is 76.8 cm³/mol. The Kier molecular flexibility index (Phi) is 4.40. The van der Waals surface area contributed by atoms with Gasteiger partial charge in [0.15, 0.2) is 0 Å². The molecule has 1 aromatic carbocycles. The minimum atomic E-state index is 0.144. The number of rotatable bonds is 1. The van der Waals surface area contributed by atoms with Crippen LogP contribution in [0.4, 0.5) is 0 Å². The molecule has 98 valence electrons. The summed E-state index contributed by atoms with van der Waals surface area (Å²) < 4.78 is 1.00. The van der Waals surface area contributed by atoms with E-state index in [0.717, 1.165) is 36.1 Å². The van der Waals surface area contributed by atoms with Gasteiger partial charge in [-0.2, -0.15) is 0 Å². The van der Waals surface area contributed by atoms with Crippen molar-refractivity contribution in [3.63, 3.8) is 0 Å². The van der Waals surface area contributed by atoms with Gasteiger partial charge in [-0.25, -0.2) is 0 Å². The molecule has 1 amide bonds. The topological polar surface area (TPSA) is 23.6 Å². The summed E-state index contributed by atoms with van der Waals surface area (Å²) in [5, 5.41) is 0. The summed E-state index contributed by atoms with van der Waals surface area (Å²) in [6, 6.07) is 7.87. The van der Waals surface area contributed by atoms with E-state index in [4.69, 9.17) is 0 Å². The number of carbonyl (C=O) groups is 1. The zero-order valence-corrected chi connectivity index (χ0v) is 12.5. The average molecular weight is 311 g/mol. The van der Waals surface area contributed by atoms with E-state index >= 15 is 0 Å². The zero-order chi connectivity index (χ0) is 13.1. The van der Waals surface area contributed by atoms with Crippen molar-refractivity contribution in [1.82, 2.24) is 9.80 Å². The molecule has 1 aromatic rings. The molecule has 1 fully saturated rings. The molecular weight excluding hydrogens is 292 g/mol. The van der Waals surface area contributed by atoms with Crippen LogP contribution in [0.25, 0.3) is 0 Å². The zero-order valence-electron chi connectivity index (χ0n) is 10.9. The van der Waals surface area contributed by atoms with Gasteiger partial charge in [0.2, 0.25) is 0 Å². The molecule has 4 heteroatoms. The molecule has 0 saturated carbocycles. The summed E-state index contributed by atoms with van der Waals surface area (Å²) in [5.74, 6) is 0.144. The number of halogens is 1. The van der Waals surface area contributed by atoms with Crippen LogP contribution in [-0.4, -0.2) is 48.4 Å². The summed E-state index contributed by atoms with van der Waals surface area (Å²) >= 11 is 3.39. The lowest BCUT2D eigenvalue weighted by Gasteiger charge is -2.28. The van der Waals surface area contributed by atoms with E-state index in [9.17, 15) is 4.79 Å². The van der Waals surface area contributed by atoms with Crippen molar-refractivity contribution in [3.05, 3.63) is 34.3 Å². The van der Waals surface area contributed by atoms with Gasteiger partial charge in [0.25, 0.3) is 5.91 Å². The first-order valence-corrected chi connectivity index (χ1v) is 7.12. The van der Waals surface area contributed by atoms with Gasteiger partial charge in [-0.1, -0.05) is 15.9 Å². The van der Waals surface area contributed by atoms with Crippen LogP contribution in [0.1, 0.15) is 23.7 Å². The Bertz CT molecular complexity index is 418. The molecule has 0 radical (unpaired) electrons. The molecule has 1 heterocycles.